The molecule has 0 unspecified atom stereocenters. The van der Waals surface area contributed by atoms with E-state index in [0.717, 1.165) is 11.3 Å². The second-order valence-electron chi connectivity index (χ2n) is 4.85. The van der Waals surface area contributed by atoms with Crippen molar-refractivity contribution < 1.29 is 9.53 Å². The molecule has 0 aliphatic heterocycles. The van der Waals surface area contributed by atoms with Crippen LogP contribution in [-0.4, -0.2) is 18.1 Å². The smallest absolute Gasteiger partial charge is 0.258 e. The molecule has 3 nitrogen and oxygen atoms in total. The number of amides is 1. The fraction of sp³-hybridized carbons (Fsp3) is 0.462. The molecule has 0 heterocycles. The highest BCUT2D eigenvalue weighted by Gasteiger charge is 2.13. The van der Waals surface area contributed by atoms with Gasteiger partial charge in [-0.3, -0.25) is 4.79 Å². The van der Waals surface area contributed by atoms with E-state index in [1.807, 2.05) is 52.0 Å². The van der Waals surface area contributed by atoms with Gasteiger partial charge in [-0.25, -0.2) is 0 Å². The van der Waals surface area contributed by atoms with Gasteiger partial charge in [-0.1, -0.05) is 18.2 Å². The van der Waals surface area contributed by atoms with E-state index in [9.17, 15) is 4.79 Å². The van der Waals surface area contributed by atoms with E-state index in [-0.39, 0.29) is 18.1 Å². The van der Waals surface area contributed by atoms with Crippen LogP contribution in [0.15, 0.2) is 24.3 Å². The Morgan fingerprint density at radius 3 is 2.50 bits per heavy atom. The molecule has 0 spiro atoms. The van der Waals surface area contributed by atoms with Crippen molar-refractivity contribution in [2.24, 2.45) is 0 Å². The molecule has 3 heteroatoms. The van der Waals surface area contributed by atoms with Crippen molar-refractivity contribution in [1.82, 2.24) is 5.32 Å². The van der Waals surface area contributed by atoms with Gasteiger partial charge in [0.2, 0.25) is 0 Å². The molecule has 0 aromatic heterocycles. The summed E-state index contributed by atoms with van der Waals surface area (Å²) >= 11 is 0. The molecule has 1 amide bonds. The minimum atomic E-state index is -0.216. The summed E-state index contributed by atoms with van der Waals surface area (Å²) in [6.07, 6.45) is 0. The average molecular weight is 221 g/mol. The third-order valence-electron chi connectivity index (χ3n) is 1.97. The first-order chi connectivity index (χ1) is 7.38. The van der Waals surface area contributed by atoms with Gasteiger partial charge in [0, 0.05) is 5.54 Å². The van der Waals surface area contributed by atoms with E-state index in [1.165, 1.54) is 0 Å². The molecule has 16 heavy (non-hydrogen) atoms. The molecule has 0 aliphatic carbocycles. The summed E-state index contributed by atoms with van der Waals surface area (Å²) in [5, 5.41) is 2.84. The maximum Gasteiger partial charge on any atom is 0.258 e. The van der Waals surface area contributed by atoms with Gasteiger partial charge in [-0.05, 0) is 39.3 Å². The Labute approximate surface area is 96.8 Å². The minimum absolute atomic E-state index is 0.0577. The Bertz CT molecular complexity index is 366. The van der Waals surface area contributed by atoms with Crippen molar-refractivity contribution >= 4 is 5.91 Å². The summed E-state index contributed by atoms with van der Waals surface area (Å²) in [7, 11) is 0. The zero-order chi connectivity index (χ0) is 12.2. The highest BCUT2D eigenvalue weighted by molar-refractivity contribution is 5.78. The molecule has 0 fully saturated rings. The summed E-state index contributed by atoms with van der Waals surface area (Å²) in [4.78, 5) is 11.5. The molecule has 0 saturated heterocycles. The molecule has 1 aromatic carbocycles. The summed E-state index contributed by atoms with van der Waals surface area (Å²) in [6, 6.07) is 7.65. The van der Waals surface area contributed by atoms with Crippen LogP contribution < -0.4 is 10.1 Å². The Kier molecular flexibility index (Phi) is 3.93. The standard InChI is InChI=1S/C13H19NO2/c1-10-7-5-6-8-11(10)16-9-12(15)14-13(2,3)4/h5-8H,9H2,1-4H3,(H,14,15). The van der Waals surface area contributed by atoms with Crippen molar-refractivity contribution in [3.8, 4) is 5.75 Å². The van der Waals surface area contributed by atoms with Crippen LogP contribution in [0, 0.1) is 6.92 Å². The van der Waals surface area contributed by atoms with Gasteiger partial charge < -0.3 is 10.1 Å². The lowest BCUT2D eigenvalue weighted by Crippen LogP contribution is -2.43. The molecule has 0 aliphatic rings. The van der Waals surface area contributed by atoms with Crippen molar-refractivity contribution in [2.45, 2.75) is 33.2 Å². The number of hydrogen-bond donors (Lipinski definition) is 1. The number of carbonyl (C=O) groups excluding carboxylic acids is 1. The zero-order valence-corrected chi connectivity index (χ0v) is 10.3. The largest absolute Gasteiger partial charge is 0.484 e. The number of nitrogens with one attached hydrogen (secondary N) is 1. The third kappa shape index (κ3) is 4.34. The Morgan fingerprint density at radius 2 is 1.94 bits per heavy atom. The van der Waals surface area contributed by atoms with Crippen LogP contribution in [0.5, 0.6) is 5.75 Å². The van der Waals surface area contributed by atoms with Crippen LogP contribution in [0.1, 0.15) is 26.3 Å². The second-order valence-corrected chi connectivity index (χ2v) is 4.85. The molecule has 0 saturated carbocycles. The summed E-state index contributed by atoms with van der Waals surface area (Å²) in [5.41, 5.74) is 0.817. The lowest BCUT2D eigenvalue weighted by atomic mass is 10.1. The van der Waals surface area contributed by atoms with Crippen LogP contribution in [0.25, 0.3) is 0 Å². The molecular weight excluding hydrogens is 202 g/mol. The molecule has 1 rings (SSSR count). The summed E-state index contributed by atoms with van der Waals surface area (Å²) in [5.74, 6) is 0.655. The van der Waals surface area contributed by atoms with Crippen molar-refractivity contribution in [3.05, 3.63) is 29.8 Å². The number of hydrogen-bond acceptors (Lipinski definition) is 2. The summed E-state index contributed by atoms with van der Waals surface area (Å²) < 4.78 is 5.43. The highest BCUT2D eigenvalue weighted by Crippen LogP contribution is 2.15. The number of carbonyl (C=O) groups is 1. The Balaban J connectivity index is 2.47. The Morgan fingerprint density at radius 1 is 1.31 bits per heavy atom. The van der Waals surface area contributed by atoms with Gasteiger partial charge in [0.15, 0.2) is 6.61 Å². The predicted molar refractivity (Wildman–Crippen MR) is 64.6 cm³/mol. The average Bonchev–Trinajstić information content (AvgIpc) is 2.14. The number of ether oxygens (including phenoxy) is 1. The van der Waals surface area contributed by atoms with Crippen LogP contribution in [0.4, 0.5) is 0 Å². The maximum atomic E-state index is 11.5. The predicted octanol–water partition coefficient (Wildman–Crippen LogP) is 2.29. The van der Waals surface area contributed by atoms with Gasteiger partial charge in [0.1, 0.15) is 5.75 Å². The molecule has 0 atom stereocenters. The topological polar surface area (TPSA) is 38.3 Å². The first kappa shape index (κ1) is 12.6. The van der Waals surface area contributed by atoms with E-state index in [1.54, 1.807) is 0 Å². The normalized spacial score (nSPS) is 11.0. The lowest BCUT2D eigenvalue weighted by Gasteiger charge is -2.20. The quantitative estimate of drug-likeness (QED) is 0.850. The molecule has 1 N–H and O–H groups in total. The lowest BCUT2D eigenvalue weighted by molar-refractivity contribution is -0.124. The van der Waals surface area contributed by atoms with Crippen LogP contribution in [0.2, 0.25) is 0 Å². The maximum absolute atomic E-state index is 11.5. The number of benzene rings is 1. The van der Waals surface area contributed by atoms with Crippen LogP contribution in [0.3, 0.4) is 0 Å². The molecule has 0 radical (unpaired) electrons. The highest BCUT2D eigenvalue weighted by atomic mass is 16.5. The third-order valence-corrected chi connectivity index (χ3v) is 1.97. The van der Waals surface area contributed by atoms with E-state index in [4.69, 9.17) is 4.74 Å². The van der Waals surface area contributed by atoms with Gasteiger partial charge in [0.25, 0.3) is 5.91 Å². The van der Waals surface area contributed by atoms with Gasteiger partial charge in [-0.2, -0.15) is 0 Å². The minimum Gasteiger partial charge on any atom is -0.484 e. The second kappa shape index (κ2) is 5.01. The van der Waals surface area contributed by atoms with Crippen molar-refractivity contribution in [2.75, 3.05) is 6.61 Å². The number of rotatable bonds is 3. The molecule has 88 valence electrons. The first-order valence-electron chi connectivity index (χ1n) is 5.38. The van der Waals surface area contributed by atoms with E-state index in [0.29, 0.717) is 0 Å². The van der Waals surface area contributed by atoms with Crippen molar-refractivity contribution in [3.63, 3.8) is 0 Å². The number of para-hydroxylation sites is 1. The number of aryl methyl sites for hydroxylation is 1. The fourth-order valence-electron chi connectivity index (χ4n) is 1.32. The van der Waals surface area contributed by atoms with Crippen LogP contribution >= 0.6 is 0 Å². The monoisotopic (exact) mass is 221 g/mol. The Hall–Kier alpha value is -1.51. The van der Waals surface area contributed by atoms with Gasteiger partial charge in [0.05, 0.1) is 0 Å². The van der Waals surface area contributed by atoms with Crippen molar-refractivity contribution in [1.29, 1.82) is 0 Å². The fourth-order valence-corrected chi connectivity index (χ4v) is 1.32. The zero-order valence-electron chi connectivity index (χ0n) is 10.3. The van der Waals surface area contributed by atoms with E-state index >= 15 is 0 Å². The summed E-state index contributed by atoms with van der Waals surface area (Å²) in [6.45, 7) is 7.84. The van der Waals surface area contributed by atoms with Gasteiger partial charge in [-0.15, -0.1) is 0 Å². The molecule has 0 bridgehead atoms. The molecule has 1 aromatic rings. The van der Waals surface area contributed by atoms with Gasteiger partial charge >= 0.3 is 0 Å². The SMILES string of the molecule is Cc1ccccc1OCC(=O)NC(C)(C)C. The van der Waals surface area contributed by atoms with Crippen LogP contribution in [-0.2, 0) is 4.79 Å². The first-order valence-corrected chi connectivity index (χ1v) is 5.38. The van der Waals surface area contributed by atoms with E-state index < -0.39 is 0 Å². The molecular formula is C13H19NO2. The van der Waals surface area contributed by atoms with E-state index in [2.05, 4.69) is 5.32 Å².